The molecule has 0 amide bonds. The van der Waals surface area contributed by atoms with Crippen LogP contribution in [0.25, 0.3) is 0 Å². The molecule has 1 aliphatic rings. The summed E-state index contributed by atoms with van der Waals surface area (Å²) in [5, 5.41) is 12.4. The summed E-state index contributed by atoms with van der Waals surface area (Å²) in [6.45, 7) is 0.548. The largest absolute Gasteiger partial charge is 0.397 e. The maximum absolute atomic E-state index is 12.4. The Morgan fingerprint density at radius 3 is 2.14 bits per heavy atom. The fraction of sp³-hybridized carbons (Fsp3) is 0.120. The van der Waals surface area contributed by atoms with Crippen molar-refractivity contribution in [1.29, 1.82) is 0 Å². The highest BCUT2D eigenvalue weighted by Crippen LogP contribution is 2.45. The molecule has 0 spiro atoms. The molecular weight excluding hydrogens is 358 g/mol. The van der Waals surface area contributed by atoms with Gasteiger partial charge in [0.2, 0.25) is 0 Å². The van der Waals surface area contributed by atoms with E-state index in [9.17, 15) is 5.11 Å². The minimum atomic E-state index is -1.28. The molecule has 2 heterocycles. The SMILES string of the molecule is OC1(c2ccccc2)C(c2ccccc2)[n+]2cccnc2N1Cc1ccccc1. The third kappa shape index (κ3) is 2.89. The van der Waals surface area contributed by atoms with Gasteiger partial charge in [0.25, 0.3) is 5.72 Å². The van der Waals surface area contributed by atoms with E-state index in [-0.39, 0.29) is 6.04 Å². The summed E-state index contributed by atoms with van der Waals surface area (Å²) in [5.41, 5.74) is 1.72. The van der Waals surface area contributed by atoms with Crippen molar-refractivity contribution >= 4 is 5.95 Å². The molecule has 0 bridgehead atoms. The number of benzene rings is 3. The summed E-state index contributed by atoms with van der Waals surface area (Å²) in [5.74, 6) is 0.747. The molecule has 1 aromatic heterocycles. The molecule has 1 N–H and O–H groups in total. The van der Waals surface area contributed by atoms with Crippen LogP contribution in [-0.2, 0) is 12.3 Å². The number of anilines is 1. The van der Waals surface area contributed by atoms with Gasteiger partial charge < -0.3 is 5.11 Å². The second kappa shape index (κ2) is 7.15. The number of fused-ring (bicyclic) bond motifs is 1. The van der Waals surface area contributed by atoms with E-state index in [0.29, 0.717) is 6.54 Å². The van der Waals surface area contributed by atoms with E-state index in [1.54, 1.807) is 6.20 Å². The highest BCUT2D eigenvalue weighted by atomic mass is 16.3. The van der Waals surface area contributed by atoms with E-state index < -0.39 is 5.72 Å². The molecule has 4 nitrogen and oxygen atoms in total. The van der Waals surface area contributed by atoms with Crippen LogP contribution in [0.15, 0.2) is 109 Å². The smallest absolute Gasteiger partial charge is 0.352 e. The van der Waals surface area contributed by atoms with Crippen LogP contribution in [0.2, 0.25) is 0 Å². The Morgan fingerprint density at radius 1 is 0.828 bits per heavy atom. The summed E-state index contributed by atoms with van der Waals surface area (Å²) in [6.07, 6.45) is 3.78. The summed E-state index contributed by atoms with van der Waals surface area (Å²) in [6, 6.07) is 31.8. The number of aliphatic hydroxyl groups is 1. The van der Waals surface area contributed by atoms with Crippen molar-refractivity contribution in [1.82, 2.24) is 4.98 Å². The first kappa shape index (κ1) is 17.6. The van der Waals surface area contributed by atoms with Gasteiger partial charge in [-0.2, -0.15) is 0 Å². The predicted octanol–water partition coefficient (Wildman–Crippen LogP) is 3.82. The Balaban J connectivity index is 1.74. The first-order valence-electron chi connectivity index (χ1n) is 9.79. The van der Waals surface area contributed by atoms with Crippen molar-refractivity contribution in [3.8, 4) is 0 Å². The van der Waals surface area contributed by atoms with E-state index in [4.69, 9.17) is 0 Å². The summed E-state index contributed by atoms with van der Waals surface area (Å²) in [4.78, 5) is 6.67. The highest BCUT2D eigenvalue weighted by molar-refractivity contribution is 5.44. The van der Waals surface area contributed by atoms with Gasteiger partial charge in [-0.15, -0.1) is 0 Å². The summed E-state index contributed by atoms with van der Waals surface area (Å²) >= 11 is 0. The van der Waals surface area contributed by atoms with E-state index >= 15 is 0 Å². The molecule has 4 heteroatoms. The predicted molar refractivity (Wildman–Crippen MR) is 112 cm³/mol. The van der Waals surface area contributed by atoms with E-state index in [1.807, 2.05) is 83.9 Å². The lowest BCUT2D eigenvalue weighted by atomic mass is 9.89. The van der Waals surface area contributed by atoms with Crippen molar-refractivity contribution < 1.29 is 9.67 Å². The maximum Gasteiger partial charge on any atom is 0.397 e. The number of nitrogens with zero attached hydrogens (tertiary/aromatic N) is 3. The molecule has 2 unspecified atom stereocenters. The molecular formula is C25H22N3O+. The Kier molecular flexibility index (Phi) is 4.34. The van der Waals surface area contributed by atoms with Gasteiger partial charge >= 0.3 is 5.95 Å². The van der Waals surface area contributed by atoms with E-state index in [0.717, 1.165) is 22.6 Å². The average Bonchev–Trinajstić information content (AvgIpc) is 3.05. The lowest BCUT2D eigenvalue weighted by Crippen LogP contribution is -2.50. The lowest BCUT2D eigenvalue weighted by Gasteiger charge is -2.33. The van der Waals surface area contributed by atoms with Crippen LogP contribution in [0.3, 0.4) is 0 Å². The molecule has 29 heavy (non-hydrogen) atoms. The van der Waals surface area contributed by atoms with Gasteiger partial charge in [-0.05, 0) is 11.1 Å². The van der Waals surface area contributed by atoms with Crippen LogP contribution in [0.1, 0.15) is 22.7 Å². The summed E-state index contributed by atoms with van der Waals surface area (Å²) < 4.78 is 2.07. The second-order valence-electron chi connectivity index (χ2n) is 7.30. The van der Waals surface area contributed by atoms with Crippen molar-refractivity contribution in [3.05, 3.63) is 126 Å². The monoisotopic (exact) mass is 380 g/mol. The topological polar surface area (TPSA) is 40.2 Å². The fourth-order valence-corrected chi connectivity index (χ4v) is 4.26. The van der Waals surface area contributed by atoms with Gasteiger partial charge in [-0.25, -0.2) is 9.47 Å². The van der Waals surface area contributed by atoms with Crippen LogP contribution < -0.4 is 9.47 Å². The fourth-order valence-electron chi connectivity index (χ4n) is 4.26. The molecule has 0 saturated heterocycles. The zero-order valence-electron chi connectivity index (χ0n) is 16.0. The van der Waals surface area contributed by atoms with Gasteiger partial charge in [0.1, 0.15) is 6.20 Å². The Bertz CT molecular complexity index is 1100. The lowest BCUT2D eigenvalue weighted by molar-refractivity contribution is -0.703. The van der Waals surface area contributed by atoms with Crippen LogP contribution in [-0.4, -0.2) is 10.1 Å². The quantitative estimate of drug-likeness (QED) is 0.547. The van der Waals surface area contributed by atoms with Gasteiger partial charge in [-0.3, -0.25) is 0 Å². The number of hydrogen-bond acceptors (Lipinski definition) is 3. The first-order chi connectivity index (χ1) is 14.3. The third-order valence-corrected chi connectivity index (χ3v) is 5.56. The molecule has 0 radical (unpaired) electrons. The maximum atomic E-state index is 12.4. The standard InChI is InChI=1S/C25H22N3O/c29-25(22-15-8-3-9-16-22)23(21-13-6-2-7-14-21)27-18-10-17-26-24(27)28(25)19-20-11-4-1-5-12-20/h1-18,23,29H,19H2/q+1. The molecule has 2 atom stereocenters. The van der Waals surface area contributed by atoms with Gasteiger partial charge in [0.05, 0.1) is 12.7 Å². The Labute approximate surface area is 170 Å². The van der Waals surface area contributed by atoms with Crippen LogP contribution in [0.5, 0.6) is 0 Å². The molecule has 5 rings (SSSR count). The third-order valence-electron chi connectivity index (χ3n) is 5.56. The first-order valence-corrected chi connectivity index (χ1v) is 9.79. The van der Waals surface area contributed by atoms with Crippen molar-refractivity contribution in [3.63, 3.8) is 0 Å². The van der Waals surface area contributed by atoms with Crippen LogP contribution in [0.4, 0.5) is 5.95 Å². The second-order valence-corrected chi connectivity index (χ2v) is 7.30. The zero-order chi connectivity index (χ0) is 19.7. The van der Waals surface area contributed by atoms with Crippen molar-refractivity contribution in [2.45, 2.75) is 18.3 Å². The summed E-state index contributed by atoms with van der Waals surface area (Å²) in [7, 11) is 0. The molecule has 0 saturated carbocycles. The molecule has 142 valence electrons. The van der Waals surface area contributed by atoms with Crippen molar-refractivity contribution in [2.75, 3.05) is 4.90 Å². The minimum absolute atomic E-state index is 0.321. The normalized spacial score (nSPS) is 20.4. The minimum Gasteiger partial charge on any atom is -0.352 e. The Hall–Kier alpha value is -3.50. The number of rotatable bonds is 4. The molecule has 3 aromatic carbocycles. The number of aromatic nitrogens is 2. The molecule has 0 aliphatic carbocycles. The molecule has 0 fully saturated rings. The van der Waals surface area contributed by atoms with Crippen LogP contribution >= 0.6 is 0 Å². The van der Waals surface area contributed by atoms with Crippen molar-refractivity contribution in [2.24, 2.45) is 0 Å². The zero-order valence-corrected chi connectivity index (χ0v) is 16.0. The average molecular weight is 380 g/mol. The van der Waals surface area contributed by atoms with Gasteiger partial charge in [0.15, 0.2) is 6.04 Å². The Morgan fingerprint density at radius 2 is 1.45 bits per heavy atom. The van der Waals surface area contributed by atoms with Gasteiger partial charge in [-0.1, -0.05) is 96.0 Å². The number of hydrogen-bond donors (Lipinski definition) is 1. The van der Waals surface area contributed by atoms with Gasteiger partial charge in [0, 0.05) is 11.6 Å². The highest BCUT2D eigenvalue weighted by Gasteiger charge is 2.59. The molecule has 4 aromatic rings. The van der Waals surface area contributed by atoms with Crippen LogP contribution in [0, 0.1) is 0 Å². The van der Waals surface area contributed by atoms with E-state index in [2.05, 4.69) is 33.8 Å². The van der Waals surface area contributed by atoms with E-state index in [1.165, 1.54) is 0 Å². The molecule has 1 aliphatic heterocycles.